The van der Waals surface area contributed by atoms with Crippen LogP contribution in [0.3, 0.4) is 0 Å². The number of aliphatic hydroxyl groups is 2. The lowest BCUT2D eigenvalue weighted by atomic mass is 10.0. The molecule has 0 bridgehead atoms. The van der Waals surface area contributed by atoms with Gasteiger partial charge in [-0.05, 0) is 43.5 Å². The van der Waals surface area contributed by atoms with Crippen LogP contribution in [0.4, 0.5) is 11.5 Å². The number of methoxy groups -OCH3 is 1. The van der Waals surface area contributed by atoms with Gasteiger partial charge in [-0.2, -0.15) is 0 Å². The maximum absolute atomic E-state index is 11.3. The molecule has 0 spiro atoms. The van der Waals surface area contributed by atoms with Crippen molar-refractivity contribution in [3.63, 3.8) is 0 Å². The summed E-state index contributed by atoms with van der Waals surface area (Å²) in [5.74, 6) is 0.487. The highest BCUT2D eigenvalue weighted by Gasteiger charge is 2.49. The molecule has 2 aliphatic rings. The molecule has 1 saturated heterocycles. The molecule has 1 aliphatic carbocycles. The van der Waals surface area contributed by atoms with E-state index in [4.69, 9.17) is 16.3 Å². The van der Waals surface area contributed by atoms with Crippen LogP contribution in [0.5, 0.6) is 0 Å². The Balaban J connectivity index is 1.35. The number of hydrogen-bond donors (Lipinski definition) is 3. The molecule has 9 nitrogen and oxygen atoms in total. The molecule has 1 aliphatic heterocycles. The summed E-state index contributed by atoms with van der Waals surface area (Å²) in [6.45, 7) is 2.15. The van der Waals surface area contributed by atoms with Gasteiger partial charge in [0.25, 0.3) is 0 Å². The van der Waals surface area contributed by atoms with Gasteiger partial charge in [0.1, 0.15) is 12.4 Å². The van der Waals surface area contributed by atoms with Gasteiger partial charge in [0.2, 0.25) is 0 Å². The van der Waals surface area contributed by atoms with Gasteiger partial charge in [-0.25, -0.2) is 15.0 Å². The number of nitrogens with zero attached hydrogens (tertiary/aromatic N) is 5. The minimum Gasteiger partial charge on any atom is -0.388 e. The molecule has 170 valence electrons. The van der Waals surface area contributed by atoms with E-state index in [0.29, 0.717) is 36.4 Å². The molecule has 3 heterocycles. The summed E-state index contributed by atoms with van der Waals surface area (Å²) in [4.78, 5) is 15.6. The number of benzene rings is 1. The Bertz CT molecular complexity index is 1090. The van der Waals surface area contributed by atoms with Crippen molar-refractivity contribution in [2.24, 2.45) is 5.92 Å². The van der Waals surface area contributed by atoms with Gasteiger partial charge < -0.3 is 25.2 Å². The highest BCUT2D eigenvalue weighted by molar-refractivity contribution is 6.30. The minimum atomic E-state index is -1.47. The highest BCUT2D eigenvalue weighted by atomic mass is 35.5. The third-order valence-corrected chi connectivity index (χ3v) is 6.91. The van der Waals surface area contributed by atoms with E-state index < -0.39 is 11.8 Å². The fourth-order valence-corrected chi connectivity index (χ4v) is 5.04. The smallest absolute Gasteiger partial charge is 0.170 e. The Hall–Kier alpha value is -2.46. The van der Waals surface area contributed by atoms with Crippen LogP contribution in [0.2, 0.25) is 5.02 Å². The number of nitrogens with one attached hydrogen (secondary N) is 1. The lowest BCUT2D eigenvalue weighted by Crippen LogP contribution is -2.43. The molecule has 1 saturated carbocycles. The van der Waals surface area contributed by atoms with Crippen LogP contribution in [0, 0.1) is 5.92 Å². The topological polar surface area (TPSA) is 109 Å². The van der Waals surface area contributed by atoms with E-state index in [1.807, 2.05) is 24.3 Å². The summed E-state index contributed by atoms with van der Waals surface area (Å²) >= 11 is 6.01. The molecule has 3 N–H and O–H groups in total. The van der Waals surface area contributed by atoms with Crippen LogP contribution in [0.15, 0.2) is 36.9 Å². The molecule has 0 amide bonds. The number of hydrogen-bond acceptors (Lipinski definition) is 8. The number of anilines is 2. The van der Waals surface area contributed by atoms with Gasteiger partial charge in [0.15, 0.2) is 22.7 Å². The van der Waals surface area contributed by atoms with Gasteiger partial charge in [-0.15, -0.1) is 0 Å². The molecule has 3 aromatic rings. The lowest BCUT2D eigenvalue weighted by molar-refractivity contribution is -0.128. The van der Waals surface area contributed by atoms with Crippen molar-refractivity contribution >= 4 is 34.3 Å². The van der Waals surface area contributed by atoms with E-state index in [2.05, 4.69) is 25.2 Å². The lowest BCUT2D eigenvalue weighted by Gasteiger charge is -2.30. The summed E-state index contributed by atoms with van der Waals surface area (Å²) in [6.07, 6.45) is 4.05. The van der Waals surface area contributed by atoms with Crippen molar-refractivity contribution in [3.05, 3.63) is 41.9 Å². The minimum absolute atomic E-state index is 0.140. The van der Waals surface area contributed by atoms with Gasteiger partial charge in [-0.1, -0.05) is 11.6 Å². The first-order chi connectivity index (χ1) is 15.5. The number of aliphatic hydroxyl groups excluding tert-OH is 1. The van der Waals surface area contributed by atoms with E-state index >= 15 is 0 Å². The van der Waals surface area contributed by atoms with Gasteiger partial charge in [0, 0.05) is 42.9 Å². The summed E-state index contributed by atoms with van der Waals surface area (Å²) < 4.78 is 6.77. The first-order valence-electron chi connectivity index (χ1n) is 10.8. The Morgan fingerprint density at radius 2 is 2.03 bits per heavy atom. The summed E-state index contributed by atoms with van der Waals surface area (Å²) in [7, 11) is 1.60. The number of ether oxygens (including phenoxy) is 1. The standard InChI is InChI=1S/C22H27ClN6O3/c1-32-11-14-6-8-22(31,19(14)30)29-13-26-18-20(24-12-25-21(18)29)27-16-7-9-28(10-16)17-4-2-15(23)3-5-17/h2-5,12-14,16,19,30-31H,6-11H2,1H3,(H,24,25,27)/t14?,16-,19?,22?/m0/s1. The molecular weight excluding hydrogens is 432 g/mol. The third kappa shape index (κ3) is 3.69. The van der Waals surface area contributed by atoms with Crippen molar-refractivity contribution < 1.29 is 14.9 Å². The third-order valence-electron chi connectivity index (χ3n) is 6.66. The van der Waals surface area contributed by atoms with Crippen molar-refractivity contribution in [2.75, 3.05) is 37.0 Å². The second kappa shape index (κ2) is 8.47. The zero-order valence-electron chi connectivity index (χ0n) is 17.9. The summed E-state index contributed by atoms with van der Waals surface area (Å²) in [6, 6.07) is 8.05. The molecule has 2 aromatic heterocycles. The molecule has 5 rings (SSSR count). The zero-order valence-corrected chi connectivity index (χ0v) is 18.6. The van der Waals surface area contributed by atoms with Crippen LogP contribution in [-0.4, -0.2) is 68.7 Å². The van der Waals surface area contributed by atoms with Crippen molar-refractivity contribution in [1.29, 1.82) is 0 Å². The average molecular weight is 459 g/mol. The molecule has 1 aromatic carbocycles. The molecule has 2 fully saturated rings. The number of rotatable bonds is 6. The zero-order chi connectivity index (χ0) is 22.3. The molecule has 10 heteroatoms. The predicted molar refractivity (Wildman–Crippen MR) is 122 cm³/mol. The Labute approximate surface area is 191 Å². The number of aromatic nitrogens is 4. The van der Waals surface area contributed by atoms with Gasteiger partial charge in [-0.3, -0.25) is 4.57 Å². The monoisotopic (exact) mass is 458 g/mol. The van der Waals surface area contributed by atoms with Crippen LogP contribution in [0.1, 0.15) is 19.3 Å². The summed E-state index contributed by atoms with van der Waals surface area (Å²) in [5.41, 5.74) is 0.740. The normalized spacial score (nSPS) is 28.0. The second-order valence-electron chi connectivity index (χ2n) is 8.64. The highest BCUT2D eigenvalue weighted by Crippen LogP contribution is 2.40. The van der Waals surface area contributed by atoms with E-state index in [1.54, 1.807) is 11.7 Å². The van der Waals surface area contributed by atoms with Crippen molar-refractivity contribution in [2.45, 2.75) is 37.1 Å². The SMILES string of the molecule is COCC1CCC(O)(n2cnc3c(N[C@H]4CCN(c5ccc(Cl)cc5)C4)ncnc32)C1O. The van der Waals surface area contributed by atoms with Crippen LogP contribution in [-0.2, 0) is 10.5 Å². The molecular formula is C22H27ClN6O3. The molecule has 4 atom stereocenters. The predicted octanol–water partition coefficient (Wildman–Crippen LogP) is 2.23. The molecule has 3 unspecified atom stereocenters. The number of fused-ring (bicyclic) bond motifs is 1. The average Bonchev–Trinajstić information content (AvgIpc) is 3.50. The number of imidazole rings is 1. The first kappa shape index (κ1) is 21.4. The van der Waals surface area contributed by atoms with E-state index in [-0.39, 0.29) is 12.0 Å². The Morgan fingerprint density at radius 3 is 2.81 bits per heavy atom. The molecule has 0 radical (unpaired) electrons. The van der Waals surface area contributed by atoms with Crippen LogP contribution < -0.4 is 10.2 Å². The van der Waals surface area contributed by atoms with Gasteiger partial charge in [0.05, 0.1) is 12.9 Å². The van der Waals surface area contributed by atoms with E-state index in [9.17, 15) is 10.2 Å². The second-order valence-corrected chi connectivity index (χ2v) is 9.08. The van der Waals surface area contributed by atoms with E-state index in [1.165, 1.54) is 12.7 Å². The maximum atomic E-state index is 11.3. The van der Waals surface area contributed by atoms with Crippen LogP contribution >= 0.6 is 11.6 Å². The van der Waals surface area contributed by atoms with Crippen molar-refractivity contribution in [1.82, 2.24) is 19.5 Å². The van der Waals surface area contributed by atoms with Crippen molar-refractivity contribution in [3.8, 4) is 0 Å². The maximum Gasteiger partial charge on any atom is 0.170 e. The van der Waals surface area contributed by atoms with E-state index in [0.717, 1.165) is 30.2 Å². The Kier molecular flexibility index (Phi) is 5.66. The quantitative estimate of drug-likeness (QED) is 0.516. The fraction of sp³-hybridized carbons (Fsp3) is 0.500. The molecule has 32 heavy (non-hydrogen) atoms. The Morgan fingerprint density at radius 1 is 1.22 bits per heavy atom. The van der Waals surface area contributed by atoms with Gasteiger partial charge >= 0.3 is 0 Å². The largest absolute Gasteiger partial charge is 0.388 e. The fourth-order valence-electron chi connectivity index (χ4n) is 4.91. The summed E-state index contributed by atoms with van der Waals surface area (Å²) in [5, 5.41) is 26.3. The first-order valence-corrected chi connectivity index (χ1v) is 11.2. The van der Waals surface area contributed by atoms with Crippen LogP contribution in [0.25, 0.3) is 11.2 Å². The number of halogens is 1.